The summed E-state index contributed by atoms with van der Waals surface area (Å²) in [6.07, 6.45) is -5.60. The monoisotopic (exact) mass is 245 g/mol. The van der Waals surface area contributed by atoms with Gasteiger partial charge in [-0.3, -0.25) is 0 Å². The van der Waals surface area contributed by atoms with Crippen molar-refractivity contribution < 1.29 is 21.6 Å². The lowest BCUT2D eigenvalue weighted by atomic mass is 10.1. The maximum atomic E-state index is 11.8. The molecule has 1 fully saturated rings. The summed E-state index contributed by atoms with van der Waals surface area (Å²) in [4.78, 5) is 0. The van der Waals surface area contributed by atoms with Crippen LogP contribution in [0, 0.1) is 5.92 Å². The smallest absolute Gasteiger partial charge is 0.316 e. The van der Waals surface area contributed by atoms with Gasteiger partial charge in [0.2, 0.25) is 0 Å². The van der Waals surface area contributed by atoms with Crippen LogP contribution in [-0.4, -0.2) is 39.2 Å². The number of sulfone groups is 1. The summed E-state index contributed by atoms with van der Waals surface area (Å²) in [6.45, 7) is 1.30. The van der Waals surface area contributed by atoms with Crippen LogP contribution in [-0.2, 0) is 9.84 Å². The van der Waals surface area contributed by atoms with Crippen molar-refractivity contribution in [2.45, 2.75) is 19.0 Å². The number of rotatable bonds is 5. The normalized spacial score (nSPS) is 18.9. The Morgan fingerprint density at radius 1 is 1.27 bits per heavy atom. The van der Waals surface area contributed by atoms with Crippen molar-refractivity contribution in [3.8, 4) is 0 Å². The Balaban J connectivity index is 2.23. The van der Waals surface area contributed by atoms with Crippen LogP contribution in [0.4, 0.5) is 13.2 Å². The van der Waals surface area contributed by atoms with Crippen LogP contribution in [0.25, 0.3) is 0 Å². The molecule has 1 heterocycles. The molecule has 0 aromatic carbocycles. The molecule has 0 unspecified atom stereocenters. The first kappa shape index (κ1) is 12.8. The Hall–Kier alpha value is -0.300. The fraction of sp³-hybridized carbons (Fsp3) is 1.00. The van der Waals surface area contributed by atoms with E-state index in [1.807, 2.05) is 0 Å². The van der Waals surface area contributed by atoms with Gasteiger partial charge in [0.1, 0.15) is 0 Å². The van der Waals surface area contributed by atoms with Gasteiger partial charge in [0.25, 0.3) is 0 Å². The number of alkyl halides is 3. The molecule has 1 N–H and O–H groups in total. The summed E-state index contributed by atoms with van der Waals surface area (Å²) in [7, 11) is -3.30. The zero-order chi connectivity index (χ0) is 11.5. The molecular formula is C8H14F3NO2S. The number of hydrogen-bond acceptors (Lipinski definition) is 3. The second-order valence-electron chi connectivity index (χ2n) is 3.86. The summed E-state index contributed by atoms with van der Waals surface area (Å²) in [5.74, 6) is -0.262. The molecular weight excluding hydrogens is 231 g/mol. The van der Waals surface area contributed by atoms with Crippen molar-refractivity contribution in [1.29, 1.82) is 0 Å². The third kappa shape index (κ3) is 5.36. The molecule has 0 radical (unpaired) electrons. The van der Waals surface area contributed by atoms with Crippen LogP contribution in [0.3, 0.4) is 0 Å². The van der Waals surface area contributed by atoms with Gasteiger partial charge in [0.15, 0.2) is 9.84 Å². The molecule has 90 valence electrons. The van der Waals surface area contributed by atoms with Crippen molar-refractivity contribution in [3.63, 3.8) is 0 Å². The van der Waals surface area contributed by atoms with Gasteiger partial charge in [-0.05, 0) is 12.3 Å². The third-order valence-electron chi connectivity index (χ3n) is 2.27. The van der Waals surface area contributed by atoms with Gasteiger partial charge in [-0.2, -0.15) is 13.2 Å². The van der Waals surface area contributed by atoms with Gasteiger partial charge in [-0.25, -0.2) is 8.42 Å². The van der Waals surface area contributed by atoms with Crippen molar-refractivity contribution in [2.75, 3.05) is 24.6 Å². The first-order valence-corrected chi connectivity index (χ1v) is 6.58. The van der Waals surface area contributed by atoms with Gasteiger partial charge in [0.05, 0.1) is 11.5 Å². The van der Waals surface area contributed by atoms with Crippen molar-refractivity contribution in [2.24, 2.45) is 5.92 Å². The Labute approximate surface area is 87.0 Å². The molecule has 0 aromatic rings. The lowest BCUT2D eigenvalue weighted by Crippen LogP contribution is -2.45. The second-order valence-corrected chi connectivity index (χ2v) is 6.09. The fourth-order valence-electron chi connectivity index (χ4n) is 1.40. The number of nitrogens with one attached hydrogen (secondary N) is 1. The molecule has 1 saturated heterocycles. The summed E-state index contributed by atoms with van der Waals surface area (Å²) in [5.41, 5.74) is 0. The van der Waals surface area contributed by atoms with Crippen LogP contribution < -0.4 is 5.32 Å². The first-order chi connectivity index (χ1) is 6.79. The molecule has 0 bridgehead atoms. The summed E-state index contributed by atoms with van der Waals surface area (Å²) >= 11 is 0. The largest absolute Gasteiger partial charge is 0.389 e. The minimum absolute atomic E-state index is 0.0118. The lowest BCUT2D eigenvalue weighted by molar-refractivity contribution is -0.134. The van der Waals surface area contributed by atoms with Gasteiger partial charge >= 0.3 is 6.18 Å². The van der Waals surface area contributed by atoms with E-state index in [1.165, 1.54) is 0 Å². The van der Waals surface area contributed by atoms with E-state index in [0.717, 1.165) is 0 Å². The van der Waals surface area contributed by atoms with Crippen LogP contribution >= 0.6 is 0 Å². The van der Waals surface area contributed by atoms with E-state index in [-0.39, 0.29) is 23.8 Å². The van der Waals surface area contributed by atoms with Gasteiger partial charge < -0.3 is 5.32 Å². The first-order valence-electron chi connectivity index (χ1n) is 4.76. The zero-order valence-electron chi connectivity index (χ0n) is 8.18. The number of halogens is 3. The molecule has 1 aliphatic heterocycles. The minimum Gasteiger partial charge on any atom is -0.316 e. The molecule has 3 nitrogen and oxygen atoms in total. The van der Waals surface area contributed by atoms with Crippen LogP contribution in [0.1, 0.15) is 12.8 Å². The van der Waals surface area contributed by atoms with Crippen LogP contribution in [0.15, 0.2) is 0 Å². The van der Waals surface area contributed by atoms with Gasteiger partial charge in [0, 0.05) is 19.5 Å². The SMILES string of the molecule is O=S(=O)(CCCC(F)(F)F)CC1CNC1. The minimum atomic E-state index is -4.26. The zero-order valence-corrected chi connectivity index (χ0v) is 9.00. The van der Waals surface area contributed by atoms with Crippen molar-refractivity contribution in [1.82, 2.24) is 5.32 Å². The fourth-order valence-corrected chi connectivity index (χ4v) is 3.11. The lowest BCUT2D eigenvalue weighted by Gasteiger charge is -2.26. The maximum Gasteiger partial charge on any atom is 0.389 e. The number of hydrogen-bond donors (Lipinski definition) is 1. The molecule has 1 aliphatic rings. The highest BCUT2D eigenvalue weighted by molar-refractivity contribution is 7.91. The molecule has 0 aromatic heterocycles. The van der Waals surface area contributed by atoms with Crippen molar-refractivity contribution in [3.05, 3.63) is 0 Å². The Morgan fingerprint density at radius 2 is 1.87 bits per heavy atom. The topological polar surface area (TPSA) is 46.2 Å². The average molecular weight is 245 g/mol. The van der Waals surface area contributed by atoms with E-state index in [0.29, 0.717) is 13.1 Å². The molecule has 7 heteroatoms. The second kappa shape index (κ2) is 4.69. The quantitative estimate of drug-likeness (QED) is 0.785. The molecule has 0 spiro atoms. The summed E-state index contributed by atoms with van der Waals surface area (Å²) < 4.78 is 57.9. The van der Waals surface area contributed by atoms with E-state index >= 15 is 0 Å². The van der Waals surface area contributed by atoms with E-state index in [2.05, 4.69) is 5.32 Å². The maximum absolute atomic E-state index is 11.8. The summed E-state index contributed by atoms with van der Waals surface area (Å²) in [5, 5.41) is 2.92. The predicted molar refractivity (Wildman–Crippen MR) is 50.3 cm³/mol. The third-order valence-corrected chi connectivity index (χ3v) is 4.16. The molecule has 0 atom stereocenters. The molecule has 0 aliphatic carbocycles. The van der Waals surface area contributed by atoms with Crippen LogP contribution in [0.2, 0.25) is 0 Å². The highest BCUT2D eigenvalue weighted by atomic mass is 32.2. The standard InChI is InChI=1S/C8H14F3NO2S/c9-8(10,11)2-1-3-15(13,14)6-7-4-12-5-7/h7,12H,1-6H2. The van der Waals surface area contributed by atoms with Crippen molar-refractivity contribution >= 4 is 9.84 Å². The van der Waals surface area contributed by atoms with Gasteiger partial charge in [-0.1, -0.05) is 0 Å². The molecule has 0 amide bonds. The van der Waals surface area contributed by atoms with Gasteiger partial charge in [-0.15, -0.1) is 0 Å². The Bertz CT molecular complexity index is 295. The molecule has 1 rings (SSSR count). The average Bonchev–Trinajstić information content (AvgIpc) is 1.94. The highest BCUT2D eigenvalue weighted by Gasteiger charge is 2.29. The highest BCUT2D eigenvalue weighted by Crippen LogP contribution is 2.22. The van der Waals surface area contributed by atoms with E-state index in [1.54, 1.807) is 0 Å². The van der Waals surface area contributed by atoms with E-state index in [9.17, 15) is 21.6 Å². The van der Waals surface area contributed by atoms with E-state index in [4.69, 9.17) is 0 Å². The Morgan fingerprint density at radius 3 is 2.27 bits per heavy atom. The molecule has 15 heavy (non-hydrogen) atoms. The summed E-state index contributed by atoms with van der Waals surface area (Å²) in [6, 6.07) is 0. The predicted octanol–water partition coefficient (Wildman–Crippen LogP) is 0.963. The van der Waals surface area contributed by atoms with Crippen LogP contribution in [0.5, 0.6) is 0 Å². The van der Waals surface area contributed by atoms with E-state index < -0.39 is 22.4 Å². The molecule has 0 saturated carbocycles. The Kier molecular flexibility index (Phi) is 3.99.